The summed E-state index contributed by atoms with van der Waals surface area (Å²) < 4.78 is 6.29. The van der Waals surface area contributed by atoms with Gasteiger partial charge in [0.25, 0.3) is 5.91 Å². The summed E-state index contributed by atoms with van der Waals surface area (Å²) in [5, 5.41) is 6.50. The highest BCUT2D eigenvalue weighted by atomic mass is 16.3. The molecule has 4 heteroatoms. The topological polar surface area (TPSA) is 54.3 Å². The monoisotopic (exact) mass is 384 g/mol. The van der Waals surface area contributed by atoms with Gasteiger partial charge >= 0.3 is 0 Å². The maximum Gasteiger partial charge on any atom is 0.256 e. The van der Waals surface area contributed by atoms with Crippen molar-refractivity contribution in [2.24, 2.45) is 0 Å². The zero-order valence-corrected chi connectivity index (χ0v) is 16.5. The molecule has 0 unspecified atom stereocenters. The Morgan fingerprint density at radius 2 is 1.90 bits per heavy atom. The maximum atomic E-state index is 12.7. The van der Waals surface area contributed by atoms with Crippen molar-refractivity contribution >= 4 is 28.9 Å². The molecular formula is C25H24N2O2. The van der Waals surface area contributed by atoms with E-state index in [1.54, 1.807) is 0 Å². The molecule has 0 fully saturated rings. The van der Waals surface area contributed by atoms with Crippen molar-refractivity contribution in [3.63, 3.8) is 0 Å². The predicted octanol–water partition coefficient (Wildman–Crippen LogP) is 5.57. The van der Waals surface area contributed by atoms with Crippen LogP contribution in [-0.4, -0.2) is 5.91 Å². The van der Waals surface area contributed by atoms with Gasteiger partial charge in [-0.3, -0.25) is 4.79 Å². The minimum Gasteiger partial charge on any atom is -0.461 e. The van der Waals surface area contributed by atoms with Crippen LogP contribution in [0, 0.1) is 6.92 Å². The number of anilines is 2. The SMILES string of the molecule is Cc1cccc2c1C(=Cc1oc3c(c1CNc1ccccc1)CCCC3)C(=O)N2. The van der Waals surface area contributed by atoms with E-state index in [1.165, 1.54) is 17.5 Å². The molecule has 3 aromatic rings. The number of furan rings is 1. The Labute approximate surface area is 170 Å². The van der Waals surface area contributed by atoms with E-state index in [-0.39, 0.29) is 5.91 Å². The number of hydrogen-bond donors (Lipinski definition) is 2. The number of carbonyl (C=O) groups excluding carboxylic acids is 1. The Balaban J connectivity index is 1.56. The molecule has 2 heterocycles. The van der Waals surface area contributed by atoms with E-state index in [9.17, 15) is 4.79 Å². The highest BCUT2D eigenvalue weighted by Crippen LogP contribution is 2.38. The first kappa shape index (κ1) is 17.8. The number of nitrogens with one attached hydrogen (secondary N) is 2. The van der Waals surface area contributed by atoms with Gasteiger partial charge in [0.15, 0.2) is 0 Å². The minimum absolute atomic E-state index is 0.0642. The molecule has 0 atom stereocenters. The van der Waals surface area contributed by atoms with Gasteiger partial charge in [-0.1, -0.05) is 30.3 Å². The molecule has 0 spiro atoms. The molecule has 146 valence electrons. The smallest absolute Gasteiger partial charge is 0.256 e. The average Bonchev–Trinajstić information content (AvgIpc) is 3.25. The second-order valence-corrected chi connectivity index (χ2v) is 7.78. The number of fused-ring (bicyclic) bond motifs is 2. The van der Waals surface area contributed by atoms with E-state index in [2.05, 4.69) is 22.8 Å². The first-order chi connectivity index (χ1) is 14.2. The molecule has 0 saturated heterocycles. The van der Waals surface area contributed by atoms with E-state index in [0.717, 1.165) is 53.3 Å². The Hall–Kier alpha value is -3.27. The van der Waals surface area contributed by atoms with Crippen LogP contribution >= 0.6 is 0 Å². The number of hydrogen-bond acceptors (Lipinski definition) is 3. The molecule has 2 N–H and O–H groups in total. The highest BCUT2D eigenvalue weighted by molar-refractivity contribution is 6.35. The fraction of sp³-hybridized carbons (Fsp3) is 0.240. The summed E-state index contributed by atoms with van der Waals surface area (Å²) in [6.07, 6.45) is 6.29. The lowest BCUT2D eigenvalue weighted by Crippen LogP contribution is -2.06. The molecule has 1 aliphatic heterocycles. The summed E-state index contributed by atoms with van der Waals surface area (Å²) >= 11 is 0. The third kappa shape index (κ3) is 3.25. The Bertz CT molecular complexity index is 1110. The second-order valence-electron chi connectivity index (χ2n) is 7.78. The number of benzene rings is 2. The Kier molecular flexibility index (Phi) is 4.47. The lowest BCUT2D eigenvalue weighted by Gasteiger charge is -2.12. The first-order valence-corrected chi connectivity index (χ1v) is 10.3. The van der Waals surface area contributed by atoms with Gasteiger partial charge in [-0.25, -0.2) is 0 Å². The molecule has 1 aliphatic carbocycles. The quantitative estimate of drug-likeness (QED) is 0.578. The Morgan fingerprint density at radius 1 is 1.07 bits per heavy atom. The van der Waals surface area contributed by atoms with E-state index >= 15 is 0 Å². The highest BCUT2D eigenvalue weighted by Gasteiger charge is 2.28. The number of carbonyl (C=O) groups is 1. The van der Waals surface area contributed by atoms with Gasteiger partial charge in [0.2, 0.25) is 0 Å². The Morgan fingerprint density at radius 3 is 2.76 bits per heavy atom. The van der Waals surface area contributed by atoms with Gasteiger partial charge in [0, 0.05) is 35.5 Å². The van der Waals surface area contributed by atoms with Gasteiger partial charge < -0.3 is 15.1 Å². The van der Waals surface area contributed by atoms with Crippen molar-refractivity contribution < 1.29 is 9.21 Å². The van der Waals surface area contributed by atoms with Gasteiger partial charge in [0.05, 0.1) is 5.57 Å². The van der Waals surface area contributed by atoms with Crippen LogP contribution in [0.4, 0.5) is 11.4 Å². The van der Waals surface area contributed by atoms with Crippen molar-refractivity contribution in [2.75, 3.05) is 10.6 Å². The summed E-state index contributed by atoms with van der Waals surface area (Å²) in [5.74, 6) is 1.82. The van der Waals surface area contributed by atoms with Crippen LogP contribution < -0.4 is 10.6 Å². The molecule has 0 saturated carbocycles. The van der Waals surface area contributed by atoms with Crippen molar-refractivity contribution in [3.05, 3.63) is 82.3 Å². The van der Waals surface area contributed by atoms with Crippen LogP contribution in [0.1, 0.15) is 46.6 Å². The minimum atomic E-state index is -0.0642. The summed E-state index contributed by atoms with van der Waals surface area (Å²) in [6.45, 7) is 2.72. The fourth-order valence-corrected chi connectivity index (χ4v) is 4.41. The maximum absolute atomic E-state index is 12.7. The van der Waals surface area contributed by atoms with Crippen LogP contribution in [0.2, 0.25) is 0 Å². The van der Waals surface area contributed by atoms with E-state index in [0.29, 0.717) is 12.1 Å². The molecule has 0 bridgehead atoms. The summed E-state index contributed by atoms with van der Waals surface area (Å²) in [5.41, 5.74) is 7.20. The number of aryl methyl sites for hydroxylation is 2. The van der Waals surface area contributed by atoms with E-state index < -0.39 is 0 Å². The predicted molar refractivity (Wildman–Crippen MR) is 117 cm³/mol. The van der Waals surface area contributed by atoms with Gasteiger partial charge in [-0.15, -0.1) is 0 Å². The first-order valence-electron chi connectivity index (χ1n) is 10.3. The molecule has 29 heavy (non-hydrogen) atoms. The summed E-state index contributed by atoms with van der Waals surface area (Å²) in [4.78, 5) is 12.7. The number of rotatable bonds is 4. The second kappa shape index (κ2) is 7.28. The zero-order chi connectivity index (χ0) is 19.8. The number of para-hydroxylation sites is 1. The van der Waals surface area contributed by atoms with Crippen LogP contribution in [0.15, 0.2) is 52.9 Å². The van der Waals surface area contributed by atoms with Crippen LogP contribution in [0.25, 0.3) is 11.6 Å². The lowest BCUT2D eigenvalue weighted by atomic mass is 9.93. The lowest BCUT2D eigenvalue weighted by molar-refractivity contribution is -0.110. The largest absolute Gasteiger partial charge is 0.461 e. The van der Waals surface area contributed by atoms with Gasteiger partial charge in [-0.05, 0) is 61.6 Å². The van der Waals surface area contributed by atoms with Crippen molar-refractivity contribution in [1.29, 1.82) is 0 Å². The van der Waals surface area contributed by atoms with E-state index in [4.69, 9.17) is 4.42 Å². The molecule has 0 radical (unpaired) electrons. The average molecular weight is 384 g/mol. The van der Waals surface area contributed by atoms with Crippen molar-refractivity contribution in [3.8, 4) is 0 Å². The molecule has 4 nitrogen and oxygen atoms in total. The summed E-state index contributed by atoms with van der Waals surface area (Å²) in [6, 6.07) is 16.2. The van der Waals surface area contributed by atoms with Gasteiger partial charge in [-0.2, -0.15) is 0 Å². The number of amides is 1. The molecule has 2 aliphatic rings. The van der Waals surface area contributed by atoms with Crippen LogP contribution in [-0.2, 0) is 24.2 Å². The fourth-order valence-electron chi connectivity index (χ4n) is 4.41. The van der Waals surface area contributed by atoms with Crippen molar-refractivity contribution in [2.45, 2.75) is 39.2 Å². The van der Waals surface area contributed by atoms with E-state index in [1.807, 2.05) is 49.4 Å². The third-order valence-corrected chi connectivity index (χ3v) is 5.87. The van der Waals surface area contributed by atoms with Gasteiger partial charge in [0.1, 0.15) is 11.5 Å². The van der Waals surface area contributed by atoms with Crippen LogP contribution in [0.3, 0.4) is 0 Å². The van der Waals surface area contributed by atoms with Crippen LogP contribution in [0.5, 0.6) is 0 Å². The molecule has 1 amide bonds. The molecular weight excluding hydrogens is 360 g/mol. The molecule has 5 rings (SSSR count). The normalized spacial score (nSPS) is 16.4. The third-order valence-electron chi connectivity index (χ3n) is 5.87. The standard InChI is InChI=1S/C25H24N2O2/c1-16-8-7-12-21-24(16)19(25(28)27-21)14-23-20(15-26-17-9-3-2-4-10-17)18-11-5-6-13-22(18)29-23/h2-4,7-10,12,14,26H,5-6,11,13,15H2,1H3,(H,27,28). The zero-order valence-electron chi connectivity index (χ0n) is 16.5. The molecule has 1 aromatic heterocycles. The van der Waals surface area contributed by atoms with Crippen molar-refractivity contribution in [1.82, 2.24) is 0 Å². The summed E-state index contributed by atoms with van der Waals surface area (Å²) in [7, 11) is 0. The molecule has 2 aromatic carbocycles.